The Hall–Kier alpha value is -1.49. The lowest BCUT2D eigenvalue weighted by molar-refractivity contribution is 0.134. The van der Waals surface area contributed by atoms with E-state index in [1.165, 1.54) is 0 Å². The summed E-state index contributed by atoms with van der Waals surface area (Å²) in [5, 5.41) is 11.5. The number of pyridine rings is 1. The van der Waals surface area contributed by atoms with Crippen LogP contribution in [0, 0.1) is 0 Å². The molecule has 0 spiro atoms. The maximum absolute atomic E-state index is 10.5. The number of nitrogens with zero attached hydrogens (tertiary/aromatic N) is 1. The Kier molecular flexibility index (Phi) is 4.25. The van der Waals surface area contributed by atoms with E-state index in [9.17, 15) is 4.79 Å². The van der Waals surface area contributed by atoms with Crippen molar-refractivity contribution in [2.24, 2.45) is 0 Å². The summed E-state index contributed by atoms with van der Waals surface area (Å²) in [5.41, 5.74) is 0. The highest BCUT2D eigenvalue weighted by atomic mass is 35.5. The molecule has 1 aromatic heterocycles. The molecular formula is C12H15ClN2O3. The van der Waals surface area contributed by atoms with E-state index in [4.69, 9.17) is 21.4 Å². The van der Waals surface area contributed by atoms with E-state index >= 15 is 0 Å². The van der Waals surface area contributed by atoms with Gasteiger partial charge in [0, 0.05) is 18.3 Å². The number of aromatic nitrogens is 1. The quantitative estimate of drug-likeness (QED) is 0.829. The SMILES string of the molecule is O=C(O)N[C@H]1CC[C@H](Oc2ccnc(Cl)c2)CC1. The van der Waals surface area contributed by atoms with Crippen LogP contribution >= 0.6 is 11.6 Å². The van der Waals surface area contributed by atoms with Gasteiger partial charge in [0.1, 0.15) is 10.9 Å². The summed E-state index contributed by atoms with van der Waals surface area (Å²) < 4.78 is 5.79. The minimum atomic E-state index is -0.958. The van der Waals surface area contributed by atoms with Crippen LogP contribution in [-0.4, -0.2) is 28.3 Å². The van der Waals surface area contributed by atoms with Gasteiger partial charge >= 0.3 is 6.09 Å². The molecule has 98 valence electrons. The fourth-order valence-electron chi connectivity index (χ4n) is 2.15. The number of hydrogen-bond donors (Lipinski definition) is 2. The number of hydrogen-bond acceptors (Lipinski definition) is 3. The normalized spacial score (nSPS) is 23.4. The zero-order valence-corrected chi connectivity index (χ0v) is 10.6. The molecule has 1 heterocycles. The van der Waals surface area contributed by atoms with E-state index in [-0.39, 0.29) is 12.1 Å². The summed E-state index contributed by atoms with van der Waals surface area (Å²) in [5.74, 6) is 0.713. The Morgan fingerprint density at radius 2 is 2.17 bits per heavy atom. The van der Waals surface area contributed by atoms with Crippen LogP contribution in [0.5, 0.6) is 5.75 Å². The predicted octanol–water partition coefficient (Wildman–Crippen LogP) is 2.69. The number of rotatable bonds is 3. The Morgan fingerprint density at radius 1 is 1.44 bits per heavy atom. The number of carboxylic acid groups (broad SMARTS) is 1. The minimum Gasteiger partial charge on any atom is -0.490 e. The molecule has 0 radical (unpaired) electrons. The second-order valence-electron chi connectivity index (χ2n) is 4.36. The molecule has 5 nitrogen and oxygen atoms in total. The molecule has 0 aliphatic heterocycles. The first-order valence-electron chi connectivity index (χ1n) is 5.91. The summed E-state index contributed by atoms with van der Waals surface area (Å²) >= 11 is 5.78. The van der Waals surface area contributed by atoms with E-state index < -0.39 is 6.09 Å². The van der Waals surface area contributed by atoms with Gasteiger partial charge in [0.25, 0.3) is 0 Å². The largest absolute Gasteiger partial charge is 0.490 e. The summed E-state index contributed by atoms with van der Waals surface area (Å²) in [7, 11) is 0. The highest BCUT2D eigenvalue weighted by molar-refractivity contribution is 6.29. The Balaban J connectivity index is 1.81. The molecule has 1 fully saturated rings. The van der Waals surface area contributed by atoms with Crippen LogP contribution in [0.25, 0.3) is 0 Å². The fraction of sp³-hybridized carbons (Fsp3) is 0.500. The van der Waals surface area contributed by atoms with Gasteiger partial charge in [-0.25, -0.2) is 9.78 Å². The van der Waals surface area contributed by atoms with Gasteiger partial charge in [-0.1, -0.05) is 11.6 Å². The molecule has 0 bridgehead atoms. The monoisotopic (exact) mass is 270 g/mol. The van der Waals surface area contributed by atoms with Crippen molar-refractivity contribution in [3.8, 4) is 5.75 Å². The van der Waals surface area contributed by atoms with Gasteiger partial charge in [-0.05, 0) is 31.7 Å². The highest BCUT2D eigenvalue weighted by Crippen LogP contribution is 2.24. The van der Waals surface area contributed by atoms with Gasteiger partial charge in [-0.2, -0.15) is 0 Å². The van der Waals surface area contributed by atoms with Crippen LogP contribution in [0.3, 0.4) is 0 Å². The Labute approximate surface area is 110 Å². The number of nitrogens with one attached hydrogen (secondary N) is 1. The smallest absolute Gasteiger partial charge is 0.404 e. The molecule has 0 saturated heterocycles. The van der Waals surface area contributed by atoms with E-state index in [2.05, 4.69) is 10.3 Å². The van der Waals surface area contributed by atoms with Crippen molar-refractivity contribution in [3.63, 3.8) is 0 Å². The van der Waals surface area contributed by atoms with Crippen LogP contribution in [0.15, 0.2) is 18.3 Å². The summed E-state index contributed by atoms with van der Waals surface area (Å²) in [6.45, 7) is 0. The molecule has 1 aliphatic rings. The Bertz CT molecular complexity index is 420. The van der Waals surface area contributed by atoms with Gasteiger partial charge in [0.15, 0.2) is 0 Å². The Morgan fingerprint density at radius 3 is 2.78 bits per heavy atom. The molecule has 1 amide bonds. The van der Waals surface area contributed by atoms with Crippen molar-refractivity contribution in [2.75, 3.05) is 0 Å². The third kappa shape index (κ3) is 3.77. The van der Waals surface area contributed by atoms with Gasteiger partial charge in [0.2, 0.25) is 0 Å². The molecule has 2 N–H and O–H groups in total. The predicted molar refractivity (Wildman–Crippen MR) is 67.1 cm³/mol. The number of carbonyl (C=O) groups is 1. The van der Waals surface area contributed by atoms with Gasteiger partial charge in [-0.3, -0.25) is 0 Å². The van der Waals surface area contributed by atoms with Crippen molar-refractivity contribution in [1.29, 1.82) is 0 Å². The van der Waals surface area contributed by atoms with E-state index in [1.54, 1.807) is 18.3 Å². The van der Waals surface area contributed by atoms with Crippen LogP contribution in [0.4, 0.5) is 4.79 Å². The lowest BCUT2D eigenvalue weighted by atomic mass is 9.93. The molecule has 18 heavy (non-hydrogen) atoms. The molecule has 1 saturated carbocycles. The summed E-state index contributed by atoms with van der Waals surface area (Å²) in [6.07, 6.45) is 4.05. The minimum absolute atomic E-state index is 0.0448. The number of halogens is 1. The molecule has 2 rings (SSSR count). The average molecular weight is 271 g/mol. The summed E-state index contributed by atoms with van der Waals surface area (Å²) in [6, 6.07) is 3.50. The van der Waals surface area contributed by atoms with E-state index in [0.717, 1.165) is 25.7 Å². The zero-order valence-electron chi connectivity index (χ0n) is 9.80. The third-order valence-electron chi connectivity index (χ3n) is 3.00. The maximum atomic E-state index is 10.5. The molecule has 0 atom stereocenters. The van der Waals surface area contributed by atoms with Gasteiger partial charge in [-0.15, -0.1) is 0 Å². The highest BCUT2D eigenvalue weighted by Gasteiger charge is 2.23. The zero-order chi connectivity index (χ0) is 13.0. The van der Waals surface area contributed by atoms with Crippen molar-refractivity contribution in [2.45, 2.75) is 37.8 Å². The molecule has 0 unspecified atom stereocenters. The third-order valence-corrected chi connectivity index (χ3v) is 3.21. The van der Waals surface area contributed by atoms with E-state index in [1.807, 2.05) is 0 Å². The van der Waals surface area contributed by atoms with Gasteiger partial charge in [0.05, 0.1) is 6.10 Å². The average Bonchev–Trinajstić information content (AvgIpc) is 2.31. The first-order valence-corrected chi connectivity index (χ1v) is 6.29. The van der Waals surface area contributed by atoms with Crippen molar-refractivity contribution < 1.29 is 14.6 Å². The maximum Gasteiger partial charge on any atom is 0.404 e. The van der Waals surface area contributed by atoms with Crippen molar-refractivity contribution in [1.82, 2.24) is 10.3 Å². The first kappa shape index (κ1) is 13.0. The summed E-state index contributed by atoms with van der Waals surface area (Å²) in [4.78, 5) is 14.4. The number of ether oxygens (including phenoxy) is 1. The molecule has 1 aliphatic carbocycles. The van der Waals surface area contributed by atoms with Crippen LogP contribution in [-0.2, 0) is 0 Å². The number of amides is 1. The lowest BCUT2D eigenvalue weighted by Crippen LogP contribution is -2.38. The first-order chi connectivity index (χ1) is 8.63. The van der Waals surface area contributed by atoms with Crippen LogP contribution < -0.4 is 10.1 Å². The van der Waals surface area contributed by atoms with Crippen molar-refractivity contribution >= 4 is 17.7 Å². The molecule has 0 aromatic carbocycles. The van der Waals surface area contributed by atoms with Crippen LogP contribution in [0.1, 0.15) is 25.7 Å². The van der Waals surface area contributed by atoms with E-state index in [0.29, 0.717) is 10.9 Å². The molecule has 6 heteroatoms. The fourth-order valence-corrected chi connectivity index (χ4v) is 2.31. The second-order valence-corrected chi connectivity index (χ2v) is 4.74. The van der Waals surface area contributed by atoms with Crippen molar-refractivity contribution in [3.05, 3.63) is 23.5 Å². The topological polar surface area (TPSA) is 71.5 Å². The lowest BCUT2D eigenvalue weighted by Gasteiger charge is -2.28. The van der Waals surface area contributed by atoms with Crippen LogP contribution in [0.2, 0.25) is 5.15 Å². The molecular weight excluding hydrogens is 256 g/mol. The standard InChI is InChI=1S/C12H15ClN2O3/c13-11-7-10(5-6-14-11)18-9-3-1-8(2-4-9)15-12(16)17/h5-9,15H,1-4H2,(H,16,17)/t8-,9-. The molecule has 1 aromatic rings. The second kappa shape index (κ2) is 5.91. The van der Waals surface area contributed by atoms with Gasteiger partial charge < -0.3 is 15.2 Å².